The number of hydrogen-bond acceptors (Lipinski definition) is 5. The third-order valence-corrected chi connectivity index (χ3v) is 8.17. The number of carbonyl (C=O) groups is 3. The molecule has 0 atom stereocenters. The highest BCUT2D eigenvalue weighted by molar-refractivity contribution is 6.75. The first-order valence-electron chi connectivity index (χ1n) is 7.03. The Hall–Kier alpha value is -1.89. The van der Waals surface area contributed by atoms with E-state index >= 15 is 0 Å². The molecule has 6 nitrogen and oxygen atoms in total. The van der Waals surface area contributed by atoms with Gasteiger partial charge in [0, 0.05) is 6.92 Å². The molecule has 122 valence electrons. The summed E-state index contributed by atoms with van der Waals surface area (Å²) >= 11 is 0. The van der Waals surface area contributed by atoms with Gasteiger partial charge >= 0.3 is 5.97 Å². The minimum atomic E-state index is -2.29. The molecular weight excluding hydrogens is 302 g/mol. The van der Waals surface area contributed by atoms with Crippen LogP contribution >= 0.6 is 0 Å². The zero-order valence-corrected chi connectivity index (χ0v) is 14.9. The lowest BCUT2D eigenvalue weighted by Crippen LogP contribution is -2.47. The molecule has 0 N–H and O–H groups in total. The fraction of sp³-hybridized carbons (Fsp3) is 0.533. The summed E-state index contributed by atoms with van der Waals surface area (Å²) in [5, 5.41) is -0.144. The van der Waals surface area contributed by atoms with Crippen molar-refractivity contribution in [1.82, 2.24) is 4.90 Å². The Labute approximate surface area is 131 Å². The molecule has 0 bridgehead atoms. The number of furan rings is 1. The molecule has 0 saturated heterocycles. The number of hydrogen-bond donors (Lipinski definition) is 0. The lowest BCUT2D eigenvalue weighted by molar-refractivity contribution is -0.140. The number of nitrogens with zero attached hydrogens (tertiary/aromatic N) is 1. The first-order valence-corrected chi connectivity index (χ1v) is 9.94. The quantitative estimate of drug-likeness (QED) is 0.796. The summed E-state index contributed by atoms with van der Waals surface area (Å²) in [5.41, 5.74) is 0. The summed E-state index contributed by atoms with van der Waals surface area (Å²) in [4.78, 5) is 36.8. The summed E-state index contributed by atoms with van der Waals surface area (Å²) in [6.07, 6.45) is 1.33. The van der Waals surface area contributed by atoms with Gasteiger partial charge in [0.2, 0.25) is 5.91 Å². The van der Waals surface area contributed by atoms with Crippen molar-refractivity contribution >= 4 is 26.1 Å². The van der Waals surface area contributed by atoms with Gasteiger partial charge in [-0.15, -0.1) is 0 Å². The second kappa shape index (κ2) is 6.47. The normalized spacial score (nSPS) is 11.9. The van der Waals surface area contributed by atoms with Gasteiger partial charge in [-0.1, -0.05) is 20.8 Å². The zero-order valence-electron chi connectivity index (χ0n) is 13.9. The van der Waals surface area contributed by atoms with Crippen LogP contribution < -0.4 is 0 Å². The Morgan fingerprint density at radius 3 is 2.27 bits per heavy atom. The van der Waals surface area contributed by atoms with Crippen LogP contribution in [0.1, 0.15) is 38.2 Å². The highest BCUT2D eigenvalue weighted by Gasteiger charge is 2.41. The van der Waals surface area contributed by atoms with E-state index in [1.807, 2.05) is 33.9 Å². The van der Waals surface area contributed by atoms with Crippen molar-refractivity contribution in [2.24, 2.45) is 0 Å². The molecule has 0 radical (unpaired) electrons. The highest BCUT2D eigenvalue weighted by atomic mass is 28.4. The molecule has 0 spiro atoms. The average molecular weight is 325 g/mol. The predicted octanol–water partition coefficient (Wildman–Crippen LogP) is 2.82. The van der Waals surface area contributed by atoms with E-state index in [-0.39, 0.29) is 10.8 Å². The van der Waals surface area contributed by atoms with Gasteiger partial charge in [-0.25, -0.2) is 0 Å². The molecule has 22 heavy (non-hydrogen) atoms. The van der Waals surface area contributed by atoms with E-state index in [0.717, 1.165) is 4.90 Å². The SMILES string of the molecule is CC(=O)N(CC(=O)O[Si](C)(C)C(C)(C)C)C(=O)c1ccco1. The number of rotatable bonds is 4. The molecule has 0 aliphatic heterocycles. The maximum absolute atomic E-state index is 12.2. The summed E-state index contributed by atoms with van der Waals surface area (Å²) in [5.74, 6) is -1.75. The maximum atomic E-state index is 12.2. The zero-order chi connectivity index (χ0) is 17.1. The van der Waals surface area contributed by atoms with Crippen LogP contribution in [0, 0.1) is 0 Å². The van der Waals surface area contributed by atoms with Crippen LogP contribution in [0.2, 0.25) is 18.1 Å². The van der Waals surface area contributed by atoms with Crippen molar-refractivity contribution in [3.63, 3.8) is 0 Å². The summed E-state index contributed by atoms with van der Waals surface area (Å²) in [6, 6.07) is 2.98. The van der Waals surface area contributed by atoms with Gasteiger partial charge in [-0.2, -0.15) is 0 Å². The third-order valence-electron chi connectivity index (χ3n) is 3.82. The van der Waals surface area contributed by atoms with Crippen molar-refractivity contribution in [2.45, 2.75) is 45.8 Å². The molecule has 0 saturated carbocycles. The van der Waals surface area contributed by atoms with E-state index in [1.54, 1.807) is 6.07 Å². The Morgan fingerprint density at radius 1 is 1.27 bits per heavy atom. The fourth-order valence-corrected chi connectivity index (χ4v) is 2.40. The second-order valence-electron chi connectivity index (χ2n) is 6.62. The third kappa shape index (κ3) is 4.30. The van der Waals surface area contributed by atoms with Crippen LogP contribution in [0.25, 0.3) is 0 Å². The van der Waals surface area contributed by atoms with Crippen LogP contribution in [0.3, 0.4) is 0 Å². The predicted molar refractivity (Wildman–Crippen MR) is 83.7 cm³/mol. The molecule has 0 fully saturated rings. The average Bonchev–Trinajstić information content (AvgIpc) is 2.86. The van der Waals surface area contributed by atoms with Crippen molar-refractivity contribution in [1.29, 1.82) is 0 Å². The molecular formula is C15H23NO5Si. The Balaban J connectivity index is 2.83. The van der Waals surface area contributed by atoms with Crippen LogP contribution in [-0.2, 0) is 14.0 Å². The van der Waals surface area contributed by atoms with Gasteiger partial charge in [0.15, 0.2) is 5.76 Å². The first-order chi connectivity index (χ1) is 9.95. The van der Waals surface area contributed by atoms with E-state index < -0.39 is 32.6 Å². The van der Waals surface area contributed by atoms with Gasteiger partial charge in [-0.05, 0) is 30.3 Å². The molecule has 1 aromatic heterocycles. The van der Waals surface area contributed by atoms with E-state index in [2.05, 4.69) is 0 Å². The molecule has 0 aliphatic rings. The smallest absolute Gasteiger partial charge is 0.312 e. The summed E-state index contributed by atoms with van der Waals surface area (Å²) < 4.78 is 10.5. The molecule has 1 aromatic rings. The lowest BCUT2D eigenvalue weighted by Gasteiger charge is -2.35. The maximum Gasteiger partial charge on any atom is 0.312 e. The van der Waals surface area contributed by atoms with Gasteiger partial charge in [-0.3, -0.25) is 19.3 Å². The van der Waals surface area contributed by atoms with Gasteiger partial charge in [0.1, 0.15) is 6.54 Å². The van der Waals surface area contributed by atoms with Crippen molar-refractivity contribution in [3.8, 4) is 0 Å². The van der Waals surface area contributed by atoms with Gasteiger partial charge in [0.25, 0.3) is 14.2 Å². The van der Waals surface area contributed by atoms with Gasteiger partial charge in [0.05, 0.1) is 6.26 Å². The van der Waals surface area contributed by atoms with Crippen molar-refractivity contribution in [3.05, 3.63) is 24.2 Å². The minimum Gasteiger partial charge on any atom is -0.518 e. The highest BCUT2D eigenvalue weighted by Crippen LogP contribution is 2.36. The molecule has 0 aromatic carbocycles. The standard InChI is InChI=1S/C15H23NO5Si/c1-11(17)16(14(19)12-8-7-9-20-12)10-13(18)21-22(5,6)15(2,3)4/h7-9H,10H2,1-6H3. The fourth-order valence-electron chi connectivity index (χ4n) is 1.46. The topological polar surface area (TPSA) is 76.8 Å². The molecule has 2 amide bonds. The van der Waals surface area contributed by atoms with Crippen LogP contribution in [0.15, 0.2) is 22.8 Å². The van der Waals surface area contributed by atoms with E-state index in [4.69, 9.17) is 8.84 Å². The number of amides is 2. The Morgan fingerprint density at radius 2 is 1.86 bits per heavy atom. The van der Waals surface area contributed by atoms with E-state index in [1.165, 1.54) is 19.3 Å². The Kier molecular flexibility index (Phi) is 5.34. The van der Waals surface area contributed by atoms with Crippen LogP contribution in [0.5, 0.6) is 0 Å². The number of imide groups is 1. The summed E-state index contributed by atoms with van der Waals surface area (Å²) in [6.45, 7) is 10.7. The molecule has 1 rings (SSSR count). The van der Waals surface area contributed by atoms with Crippen molar-refractivity contribution in [2.75, 3.05) is 6.54 Å². The first kappa shape index (κ1) is 18.2. The summed E-state index contributed by atoms with van der Waals surface area (Å²) in [7, 11) is -2.29. The Bertz CT molecular complexity index is 557. The monoisotopic (exact) mass is 325 g/mol. The van der Waals surface area contributed by atoms with Crippen LogP contribution in [0.4, 0.5) is 0 Å². The largest absolute Gasteiger partial charge is 0.518 e. The molecule has 0 unspecified atom stereocenters. The van der Waals surface area contributed by atoms with Gasteiger partial charge < -0.3 is 8.84 Å². The van der Waals surface area contributed by atoms with Crippen LogP contribution in [-0.4, -0.2) is 37.5 Å². The second-order valence-corrected chi connectivity index (χ2v) is 11.3. The lowest BCUT2D eigenvalue weighted by atomic mass is 10.2. The minimum absolute atomic E-state index is 0.00956. The number of carbonyl (C=O) groups excluding carboxylic acids is 3. The molecule has 7 heteroatoms. The molecule has 0 aliphatic carbocycles. The van der Waals surface area contributed by atoms with E-state index in [0.29, 0.717) is 0 Å². The van der Waals surface area contributed by atoms with Crippen molar-refractivity contribution < 1.29 is 23.2 Å². The van der Waals surface area contributed by atoms with E-state index in [9.17, 15) is 14.4 Å². The molecule has 1 heterocycles.